The first kappa shape index (κ1) is 8.58. The number of thiol groups is 1. The Balaban J connectivity index is 2.76. The van der Waals surface area contributed by atoms with Gasteiger partial charge in [0.25, 0.3) is 0 Å². The molecule has 0 nitrogen and oxygen atoms in total. The molecule has 1 aromatic carbocycles. The predicted octanol–water partition coefficient (Wildman–Crippen LogP) is 2.75. The van der Waals surface area contributed by atoms with Crippen molar-refractivity contribution >= 4 is 22.5 Å². The Morgan fingerprint density at radius 3 is 2.45 bits per heavy atom. The van der Waals surface area contributed by atoms with Crippen LogP contribution in [0.25, 0.3) is 0 Å². The van der Waals surface area contributed by atoms with Gasteiger partial charge in [0.15, 0.2) is 0 Å². The zero-order chi connectivity index (χ0) is 8.10. The average Bonchev–Trinajstić information content (AvgIpc) is 2.07. The van der Waals surface area contributed by atoms with Crippen molar-refractivity contribution in [3.8, 4) is 12.3 Å². The van der Waals surface area contributed by atoms with E-state index in [1.807, 2.05) is 24.3 Å². The van der Waals surface area contributed by atoms with Gasteiger partial charge in [-0.1, -0.05) is 28.8 Å². The van der Waals surface area contributed by atoms with E-state index in [1.165, 1.54) is 16.4 Å². The molecule has 0 unspecified atom stereocenters. The van der Waals surface area contributed by atoms with Gasteiger partial charge in [-0.05, 0) is 17.7 Å². The number of rotatable bonds is 2. The van der Waals surface area contributed by atoms with Crippen LogP contribution in [0.1, 0.15) is 11.1 Å². The maximum Gasteiger partial charge on any atom is 0.0286 e. The summed E-state index contributed by atoms with van der Waals surface area (Å²) in [4.78, 5) is 0. The molecule has 0 aliphatic heterocycles. The summed E-state index contributed by atoms with van der Waals surface area (Å²) in [5, 5.41) is 0. The molecule has 0 fully saturated rings. The Bertz CT molecular complexity index is 256. The second-order valence-corrected chi connectivity index (χ2v) is 3.44. The highest BCUT2D eigenvalue weighted by Crippen LogP contribution is 2.14. The van der Waals surface area contributed by atoms with Crippen LogP contribution in [0, 0.1) is 12.3 Å². The molecule has 11 heavy (non-hydrogen) atoms. The molecule has 56 valence electrons. The summed E-state index contributed by atoms with van der Waals surface area (Å²) in [6, 6.07) is 7.94. The third-order valence-corrected chi connectivity index (χ3v) is 2.20. The first-order valence-corrected chi connectivity index (χ1v) is 5.22. The van der Waals surface area contributed by atoms with Gasteiger partial charge in [-0.2, -0.15) is 0 Å². The molecule has 0 aliphatic rings. The molecule has 0 atom stereocenters. The number of hydrogen-bond donors (Lipinski definition) is 1. The van der Waals surface area contributed by atoms with Crippen LogP contribution in [-0.4, -0.2) is 0 Å². The van der Waals surface area contributed by atoms with E-state index in [9.17, 15) is 0 Å². The molecule has 0 saturated heterocycles. The zero-order valence-corrected chi connectivity index (χ0v) is 7.66. The minimum atomic E-state index is 0.925. The molecule has 2 heteroatoms. The summed E-state index contributed by atoms with van der Waals surface area (Å²) in [5.41, 5.74) is 2.18. The molecule has 0 saturated carbocycles. The van der Waals surface area contributed by atoms with Gasteiger partial charge < -0.3 is 0 Å². The molecule has 0 aliphatic carbocycles. The fourth-order valence-corrected chi connectivity index (χ4v) is 1.56. The van der Waals surface area contributed by atoms with E-state index in [4.69, 9.17) is 6.42 Å². The van der Waals surface area contributed by atoms with Gasteiger partial charge in [-0.3, -0.25) is 0 Å². The topological polar surface area (TPSA) is 0 Å². The minimum Gasteiger partial charge on any atom is -0.115 e. The molecule has 1 rings (SSSR count). The number of terminal acetylenes is 1. The van der Waals surface area contributed by atoms with Crippen LogP contribution in [0.5, 0.6) is 0 Å². The number of benzene rings is 1. The van der Waals surface area contributed by atoms with E-state index in [1.54, 1.807) is 0 Å². The van der Waals surface area contributed by atoms with E-state index in [2.05, 4.69) is 17.6 Å². The highest BCUT2D eigenvalue weighted by Gasteiger charge is 1.90. The first-order chi connectivity index (χ1) is 5.36. The van der Waals surface area contributed by atoms with Gasteiger partial charge >= 0.3 is 0 Å². The maximum absolute atomic E-state index is 5.20. The van der Waals surface area contributed by atoms with Crippen molar-refractivity contribution in [1.82, 2.24) is 0 Å². The highest BCUT2D eigenvalue weighted by molar-refractivity contribution is 8.68. The second kappa shape index (κ2) is 4.38. The fourth-order valence-electron chi connectivity index (χ4n) is 0.772. The Kier molecular flexibility index (Phi) is 3.41. The van der Waals surface area contributed by atoms with Gasteiger partial charge in [0, 0.05) is 11.3 Å². The summed E-state index contributed by atoms with van der Waals surface area (Å²) in [6.07, 6.45) is 5.20. The van der Waals surface area contributed by atoms with E-state index in [0.29, 0.717) is 0 Å². The SMILES string of the molecule is C#Cc1ccc(CSS)cc1. The third-order valence-electron chi connectivity index (χ3n) is 1.35. The van der Waals surface area contributed by atoms with Crippen molar-refractivity contribution in [2.45, 2.75) is 5.75 Å². The van der Waals surface area contributed by atoms with Crippen LogP contribution in [-0.2, 0) is 5.75 Å². The summed E-state index contributed by atoms with van der Waals surface area (Å²) in [7, 11) is 1.51. The summed E-state index contributed by atoms with van der Waals surface area (Å²) < 4.78 is 0. The Morgan fingerprint density at radius 2 is 2.00 bits per heavy atom. The molecule has 0 N–H and O–H groups in total. The van der Waals surface area contributed by atoms with Crippen molar-refractivity contribution in [1.29, 1.82) is 0 Å². The Labute approximate surface area is 76.2 Å². The van der Waals surface area contributed by atoms with Crippen LogP contribution in [0.3, 0.4) is 0 Å². The van der Waals surface area contributed by atoms with E-state index < -0.39 is 0 Å². The first-order valence-electron chi connectivity index (χ1n) is 3.18. The van der Waals surface area contributed by atoms with Gasteiger partial charge in [-0.25, -0.2) is 0 Å². The lowest BCUT2D eigenvalue weighted by Crippen LogP contribution is -1.78. The van der Waals surface area contributed by atoms with Crippen molar-refractivity contribution in [2.75, 3.05) is 0 Å². The minimum absolute atomic E-state index is 0.925. The van der Waals surface area contributed by atoms with Gasteiger partial charge in [0.05, 0.1) is 0 Å². The van der Waals surface area contributed by atoms with E-state index in [0.717, 1.165) is 11.3 Å². The van der Waals surface area contributed by atoms with Crippen LogP contribution in [0.15, 0.2) is 24.3 Å². The molecule has 0 heterocycles. The molecule has 1 aromatic rings. The normalized spacial score (nSPS) is 9.09. The highest BCUT2D eigenvalue weighted by atomic mass is 33.1. The molecule has 0 radical (unpaired) electrons. The van der Waals surface area contributed by atoms with E-state index in [-0.39, 0.29) is 0 Å². The molecular formula is C9H8S2. The lowest BCUT2D eigenvalue weighted by atomic mass is 10.2. The fraction of sp³-hybridized carbons (Fsp3) is 0.111. The molecule has 0 amide bonds. The Hall–Kier alpha value is -0.520. The molecule has 0 bridgehead atoms. The van der Waals surface area contributed by atoms with Crippen molar-refractivity contribution in [2.24, 2.45) is 0 Å². The molecule has 0 aromatic heterocycles. The van der Waals surface area contributed by atoms with Crippen LogP contribution in [0.2, 0.25) is 0 Å². The van der Waals surface area contributed by atoms with Crippen molar-refractivity contribution in [3.05, 3.63) is 35.4 Å². The average molecular weight is 180 g/mol. The van der Waals surface area contributed by atoms with Crippen molar-refractivity contribution in [3.63, 3.8) is 0 Å². The quantitative estimate of drug-likeness (QED) is 0.415. The smallest absolute Gasteiger partial charge is 0.0286 e. The van der Waals surface area contributed by atoms with Gasteiger partial charge in [0.1, 0.15) is 0 Å². The van der Waals surface area contributed by atoms with Crippen LogP contribution in [0.4, 0.5) is 0 Å². The van der Waals surface area contributed by atoms with Crippen LogP contribution >= 0.6 is 22.5 Å². The summed E-state index contributed by atoms with van der Waals surface area (Å²) in [5.74, 6) is 3.49. The lowest BCUT2D eigenvalue weighted by Gasteiger charge is -1.96. The third kappa shape index (κ3) is 2.53. The second-order valence-electron chi connectivity index (χ2n) is 2.11. The van der Waals surface area contributed by atoms with Crippen LogP contribution < -0.4 is 0 Å². The van der Waals surface area contributed by atoms with E-state index >= 15 is 0 Å². The van der Waals surface area contributed by atoms with Gasteiger partial charge in [0.2, 0.25) is 0 Å². The molecular weight excluding hydrogens is 172 g/mol. The monoisotopic (exact) mass is 180 g/mol. The summed E-state index contributed by atoms with van der Waals surface area (Å²) >= 11 is 4.06. The standard InChI is InChI=1S/C9H8S2/c1-2-8-3-5-9(6-4-8)7-11-10/h1,3-6,10H,7H2. The maximum atomic E-state index is 5.20. The Morgan fingerprint density at radius 1 is 1.36 bits per heavy atom. The largest absolute Gasteiger partial charge is 0.115 e. The number of hydrogen-bond acceptors (Lipinski definition) is 2. The lowest BCUT2D eigenvalue weighted by molar-refractivity contribution is 1.42. The van der Waals surface area contributed by atoms with Crippen molar-refractivity contribution < 1.29 is 0 Å². The zero-order valence-electron chi connectivity index (χ0n) is 5.95. The summed E-state index contributed by atoms with van der Waals surface area (Å²) in [6.45, 7) is 0. The molecule has 0 spiro atoms. The predicted molar refractivity (Wildman–Crippen MR) is 54.7 cm³/mol. The van der Waals surface area contributed by atoms with Gasteiger partial charge in [-0.15, -0.1) is 18.1 Å².